The van der Waals surface area contributed by atoms with E-state index in [4.69, 9.17) is 16.3 Å². The first-order valence-corrected chi connectivity index (χ1v) is 11.3. The molecule has 0 amide bonds. The summed E-state index contributed by atoms with van der Waals surface area (Å²) in [7, 11) is -3.48. The number of nitrogens with zero attached hydrogens (tertiary/aromatic N) is 5. The molecule has 0 unspecified atom stereocenters. The van der Waals surface area contributed by atoms with E-state index in [9.17, 15) is 8.42 Å². The lowest BCUT2D eigenvalue weighted by Gasteiger charge is -2.35. The molecule has 4 heterocycles. The summed E-state index contributed by atoms with van der Waals surface area (Å²) in [6.45, 7) is 5.03. The Labute approximate surface area is 167 Å². The van der Waals surface area contributed by atoms with Crippen LogP contribution in [0.2, 0.25) is 4.34 Å². The van der Waals surface area contributed by atoms with E-state index in [1.54, 1.807) is 18.3 Å². The summed E-state index contributed by atoms with van der Waals surface area (Å²) < 4.78 is 33.1. The van der Waals surface area contributed by atoms with Crippen LogP contribution in [0.1, 0.15) is 0 Å². The van der Waals surface area contributed by atoms with Gasteiger partial charge in [-0.05, 0) is 12.1 Å². The lowest BCUT2D eigenvalue weighted by molar-refractivity contribution is 0.122. The Morgan fingerprint density at radius 3 is 2.44 bits per heavy atom. The summed E-state index contributed by atoms with van der Waals surface area (Å²) in [6, 6.07) is 5.20. The molecule has 2 aliphatic heterocycles. The van der Waals surface area contributed by atoms with Gasteiger partial charge in [0, 0.05) is 45.3 Å². The molecule has 0 N–H and O–H groups in total. The molecule has 0 aliphatic carbocycles. The van der Waals surface area contributed by atoms with Crippen LogP contribution in [0.3, 0.4) is 0 Å². The van der Waals surface area contributed by atoms with Gasteiger partial charge in [0.25, 0.3) is 10.0 Å². The van der Waals surface area contributed by atoms with Crippen LogP contribution < -0.4 is 9.80 Å². The van der Waals surface area contributed by atoms with Gasteiger partial charge in [-0.3, -0.25) is 0 Å². The van der Waals surface area contributed by atoms with Crippen molar-refractivity contribution in [3.8, 4) is 0 Å². The van der Waals surface area contributed by atoms with E-state index in [2.05, 4.69) is 20.0 Å². The maximum absolute atomic E-state index is 12.7. The summed E-state index contributed by atoms with van der Waals surface area (Å²) in [4.78, 5) is 4.30. The van der Waals surface area contributed by atoms with Gasteiger partial charge < -0.3 is 14.5 Å². The Bertz CT molecular complexity index is 893. The van der Waals surface area contributed by atoms with E-state index in [1.165, 1.54) is 4.31 Å². The first kappa shape index (κ1) is 18.9. The fourth-order valence-electron chi connectivity index (χ4n) is 3.22. The molecule has 11 heteroatoms. The van der Waals surface area contributed by atoms with Gasteiger partial charge in [-0.15, -0.1) is 16.4 Å². The Balaban J connectivity index is 1.43. The highest BCUT2D eigenvalue weighted by Crippen LogP contribution is 2.29. The van der Waals surface area contributed by atoms with Crippen LogP contribution in [0, 0.1) is 0 Å². The highest BCUT2D eigenvalue weighted by Gasteiger charge is 2.30. The van der Waals surface area contributed by atoms with Gasteiger partial charge in [-0.1, -0.05) is 11.6 Å². The topological polar surface area (TPSA) is 78.9 Å². The zero-order chi connectivity index (χ0) is 18.9. The molecule has 2 aliphatic rings. The number of sulfonamides is 1. The van der Waals surface area contributed by atoms with Crippen LogP contribution in [-0.4, -0.2) is 75.4 Å². The monoisotopic (exact) mass is 429 g/mol. The number of thiophene rings is 1. The summed E-state index contributed by atoms with van der Waals surface area (Å²) in [5.41, 5.74) is 0.961. The van der Waals surface area contributed by atoms with E-state index in [1.807, 2.05) is 6.07 Å². The summed E-state index contributed by atoms with van der Waals surface area (Å²) in [6.07, 6.45) is 1.73. The van der Waals surface area contributed by atoms with Crippen LogP contribution in [0.5, 0.6) is 0 Å². The average Bonchev–Trinajstić information content (AvgIpc) is 3.16. The van der Waals surface area contributed by atoms with E-state index in [-0.39, 0.29) is 0 Å². The van der Waals surface area contributed by atoms with Gasteiger partial charge in [0.15, 0.2) is 5.82 Å². The van der Waals surface area contributed by atoms with Crippen molar-refractivity contribution in [1.29, 1.82) is 0 Å². The van der Waals surface area contributed by atoms with Gasteiger partial charge in [0.2, 0.25) is 0 Å². The zero-order valence-electron chi connectivity index (χ0n) is 14.6. The van der Waals surface area contributed by atoms with Gasteiger partial charge in [-0.2, -0.15) is 9.40 Å². The first-order valence-electron chi connectivity index (χ1n) is 8.70. The van der Waals surface area contributed by atoms with Crippen molar-refractivity contribution in [1.82, 2.24) is 14.5 Å². The predicted octanol–water partition coefficient (Wildman–Crippen LogP) is 1.54. The number of hydrogen-bond acceptors (Lipinski definition) is 8. The molecule has 0 aromatic carbocycles. The van der Waals surface area contributed by atoms with Crippen LogP contribution in [0.4, 0.5) is 11.5 Å². The molecule has 27 heavy (non-hydrogen) atoms. The van der Waals surface area contributed by atoms with E-state index in [0.717, 1.165) is 35.9 Å². The van der Waals surface area contributed by atoms with Gasteiger partial charge in [0.05, 0.1) is 29.4 Å². The maximum atomic E-state index is 12.7. The maximum Gasteiger partial charge on any atom is 0.252 e. The van der Waals surface area contributed by atoms with Gasteiger partial charge in [0.1, 0.15) is 4.21 Å². The van der Waals surface area contributed by atoms with Crippen molar-refractivity contribution in [3.05, 3.63) is 28.7 Å². The van der Waals surface area contributed by atoms with Crippen molar-refractivity contribution in [3.63, 3.8) is 0 Å². The smallest absolute Gasteiger partial charge is 0.252 e. The van der Waals surface area contributed by atoms with Crippen molar-refractivity contribution >= 4 is 44.5 Å². The number of rotatable bonds is 4. The number of piperazine rings is 1. The molecule has 2 aromatic rings. The molecule has 2 fully saturated rings. The molecule has 146 valence electrons. The van der Waals surface area contributed by atoms with Gasteiger partial charge in [-0.25, -0.2) is 8.42 Å². The third kappa shape index (κ3) is 4.04. The van der Waals surface area contributed by atoms with Gasteiger partial charge >= 0.3 is 0 Å². The standard InChI is InChI=1S/C16H20ClN5O3S2/c17-14-1-2-16(26-14)27(23,24)22-5-3-20(4-6-22)13-11-15(19-18-12-13)21-7-9-25-10-8-21/h1-2,11-12H,3-10H2. The molecular weight excluding hydrogens is 410 g/mol. The lowest BCUT2D eigenvalue weighted by Crippen LogP contribution is -2.48. The first-order chi connectivity index (χ1) is 13.0. The second-order valence-corrected chi connectivity index (χ2v) is 10.2. The molecule has 2 aromatic heterocycles. The van der Waals surface area contributed by atoms with Crippen molar-refractivity contribution < 1.29 is 13.2 Å². The molecule has 4 rings (SSSR count). The average molecular weight is 430 g/mol. The number of ether oxygens (including phenoxy) is 1. The van der Waals surface area contributed by atoms with E-state index in [0.29, 0.717) is 47.9 Å². The van der Waals surface area contributed by atoms with Crippen molar-refractivity contribution in [2.75, 3.05) is 62.3 Å². The fraction of sp³-hybridized carbons (Fsp3) is 0.500. The second kappa shape index (κ2) is 7.88. The van der Waals surface area contributed by atoms with Crippen molar-refractivity contribution in [2.24, 2.45) is 0 Å². The van der Waals surface area contributed by atoms with E-state index >= 15 is 0 Å². The highest BCUT2D eigenvalue weighted by molar-refractivity contribution is 7.91. The number of hydrogen-bond donors (Lipinski definition) is 0. The number of morpholine rings is 1. The Hall–Kier alpha value is -1.46. The van der Waals surface area contributed by atoms with E-state index < -0.39 is 10.0 Å². The minimum atomic E-state index is -3.48. The van der Waals surface area contributed by atoms with Crippen LogP contribution >= 0.6 is 22.9 Å². The predicted molar refractivity (Wildman–Crippen MR) is 105 cm³/mol. The van der Waals surface area contributed by atoms with Crippen LogP contribution in [-0.2, 0) is 14.8 Å². The minimum absolute atomic E-state index is 0.293. The quantitative estimate of drug-likeness (QED) is 0.729. The summed E-state index contributed by atoms with van der Waals surface area (Å²) >= 11 is 6.98. The highest BCUT2D eigenvalue weighted by atomic mass is 35.5. The van der Waals surface area contributed by atoms with Crippen molar-refractivity contribution in [2.45, 2.75) is 4.21 Å². The molecule has 0 saturated carbocycles. The molecule has 8 nitrogen and oxygen atoms in total. The lowest BCUT2D eigenvalue weighted by atomic mass is 10.3. The number of halogens is 1. The molecule has 0 radical (unpaired) electrons. The zero-order valence-corrected chi connectivity index (χ0v) is 17.0. The number of anilines is 2. The Kier molecular flexibility index (Phi) is 5.51. The molecule has 0 bridgehead atoms. The van der Waals surface area contributed by atoms with Crippen LogP contribution in [0.15, 0.2) is 28.6 Å². The second-order valence-electron chi connectivity index (χ2n) is 6.32. The molecule has 0 atom stereocenters. The molecule has 0 spiro atoms. The summed E-state index contributed by atoms with van der Waals surface area (Å²) in [5.74, 6) is 0.832. The SMILES string of the molecule is O=S(=O)(c1ccc(Cl)s1)N1CCN(c2cnnc(N3CCOCC3)c2)CC1. The largest absolute Gasteiger partial charge is 0.378 e. The van der Waals surface area contributed by atoms with Crippen LogP contribution in [0.25, 0.3) is 0 Å². The third-order valence-electron chi connectivity index (χ3n) is 4.71. The Morgan fingerprint density at radius 1 is 1.04 bits per heavy atom. The minimum Gasteiger partial charge on any atom is -0.378 e. The summed E-state index contributed by atoms with van der Waals surface area (Å²) in [5, 5.41) is 8.36. The molecule has 2 saturated heterocycles. The Morgan fingerprint density at radius 2 is 1.78 bits per heavy atom. The number of aromatic nitrogens is 2. The fourth-order valence-corrected chi connectivity index (χ4v) is 6.27. The third-order valence-corrected chi connectivity index (χ3v) is 8.31. The normalized spacial score (nSPS) is 19.4. The molecular formula is C16H20ClN5O3S2.